The van der Waals surface area contributed by atoms with Gasteiger partial charge in [0, 0.05) is 34.9 Å². The summed E-state index contributed by atoms with van der Waals surface area (Å²) in [6, 6.07) is 9.38. The van der Waals surface area contributed by atoms with Crippen LogP contribution in [0.4, 0.5) is 4.39 Å². The summed E-state index contributed by atoms with van der Waals surface area (Å²) in [7, 11) is 2.87. The number of hydrogen-bond donors (Lipinski definition) is 1. The second-order valence-electron chi connectivity index (χ2n) is 8.19. The highest BCUT2D eigenvalue weighted by Gasteiger charge is 2.39. The predicted octanol–water partition coefficient (Wildman–Crippen LogP) is 5.21. The molecule has 0 bridgehead atoms. The molecule has 1 heterocycles. The molecular formula is C26H25ClFNO5. The number of Topliss-reactive ketones (excluding diaryl/α,β-unsaturated/α-hetero) is 1. The van der Waals surface area contributed by atoms with Crippen LogP contribution in [0.5, 0.6) is 11.5 Å². The van der Waals surface area contributed by atoms with Crippen molar-refractivity contribution in [2.75, 3.05) is 14.2 Å². The largest absolute Gasteiger partial charge is 0.496 e. The molecule has 0 radical (unpaired) electrons. The Balaban J connectivity index is 1.76. The predicted molar refractivity (Wildman–Crippen MR) is 125 cm³/mol. The van der Waals surface area contributed by atoms with E-state index in [-0.39, 0.29) is 17.4 Å². The van der Waals surface area contributed by atoms with Crippen molar-refractivity contribution >= 4 is 23.4 Å². The number of allylic oxidation sites excluding steroid dienone is 3. The molecule has 0 amide bonds. The third kappa shape index (κ3) is 4.53. The van der Waals surface area contributed by atoms with Gasteiger partial charge in [-0.05, 0) is 55.7 Å². The smallest absolute Gasteiger partial charge is 0.336 e. The minimum absolute atomic E-state index is 0.0133. The van der Waals surface area contributed by atoms with Crippen LogP contribution in [0, 0.1) is 5.82 Å². The van der Waals surface area contributed by atoms with Gasteiger partial charge < -0.3 is 19.5 Å². The number of rotatable bonds is 6. The zero-order valence-electron chi connectivity index (χ0n) is 19.2. The lowest BCUT2D eigenvalue weighted by Gasteiger charge is -2.34. The van der Waals surface area contributed by atoms with Gasteiger partial charge in [0.05, 0.1) is 24.8 Å². The number of halogens is 2. The molecule has 0 fully saturated rings. The number of carbonyl (C=O) groups is 2. The Hall–Kier alpha value is -3.32. The fourth-order valence-corrected chi connectivity index (χ4v) is 4.76. The molecule has 0 spiro atoms. The van der Waals surface area contributed by atoms with E-state index < -0.39 is 17.7 Å². The Bertz CT molecular complexity index is 1220. The standard InChI is InChI=1S/C26H25ClFNO5/c1-14-23(26(31)33-3)24(25-19(29-14)5-4-6-20(25)30)15-7-9-21(32-2)16(11-15)13-34-22-10-8-17(28)12-18(22)27/h7-12,24,29H,4-6,13H2,1-3H3/t24-/m0/s1. The van der Waals surface area contributed by atoms with Crippen LogP contribution >= 0.6 is 11.6 Å². The lowest BCUT2D eigenvalue weighted by molar-refractivity contribution is -0.136. The molecule has 1 atom stereocenters. The maximum atomic E-state index is 13.4. The summed E-state index contributed by atoms with van der Waals surface area (Å²) in [5.74, 6) is -0.612. The highest BCUT2D eigenvalue weighted by Crippen LogP contribution is 2.43. The fourth-order valence-electron chi connectivity index (χ4n) is 4.54. The maximum Gasteiger partial charge on any atom is 0.336 e. The zero-order chi connectivity index (χ0) is 24.4. The molecular weight excluding hydrogens is 461 g/mol. The highest BCUT2D eigenvalue weighted by molar-refractivity contribution is 6.32. The molecule has 0 unspecified atom stereocenters. The Labute approximate surface area is 202 Å². The van der Waals surface area contributed by atoms with E-state index in [4.69, 9.17) is 25.8 Å². The molecule has 2 aliphatic rings. The van der Waals surface area contributed by atoms with Crippen molar-refractivity contribution in [2.45, 2.75) is 38.7 Å². The zero-order valence-corrected chi connectivity index (χ0v) is 19.9. The summed E-state index contributed by atoms with van der Waals surface area (Å²) in [6.07, 6.45) is 1.93. The molecule has 4 rings (SSSR count). The van der Waals surface area contributed by atoms with Gasteiger partial charge in [0.2, 0.25) is 0 Å². The van der Waals surface area contributed by atoms with Crippen LogP contribution in [-0.4, -0.2) is 26.0 Å². The molecule has 1 aliphatic carbocycles. The fraction of sp³-hybridized carbons (Fsp3) is 0.308. The molecule has 1 aliphatic heterocycles. The SMILES string of the molecule is COC(=O)C1=C(C)NC2=C(C(=O)CCC2)[C@H]1c1ccc(OC)c(COc2ccc(F)cc2Cl)c1. The van der Waals surface area contributed by atoms with Gasteiger partial charge in [0.15, 0.2) is 5.78 Å². The molecule has 0 saturated carbocycles. The van der Waals surface area contributed by atoms with E-state index in [2.05, 4.69) is 5.32 Å². The van der Waals surface area contributed by atoms with Crippen LogP contribution in [0.2, 0.25) is 5.02 Å². The molecule has 2 aromatic rings. The van der Waals surface area contributed by atoms with E-state index in [1.54, 1.807) is 13.2 Å². The number of esters is 1. The first-order valence-electron chi connectivity index (χ1n) is 10.9. The van der Waals surface area contributed by atoms with Gasteiger partial charge in [-0.1, -0.05) is 17.7 Å². The van der Waals surface area contributed by atoms with Crippen LogP contribution < -0.4 is 14.8 Å². The van der Waals surface area contributed by atoms with Crippen LogP contribution in [0.1, 0.15) is 43.2 Å². The van der Waals surface area contributed by atoms with E-state index in [9.17, 15) is 14.0 Å². The van der Waals surface area contributed by atoms with Crippen molar-refractivity contribution < 1.29 is 28.2 Å². The van der Waals surface area contributed by atoms with Gasteiger partial charge in [-0.3, -0.25) is 4.79 Å². The number of hydrogen-bond acceptors (Lipinski definition) is 6. The number of ether oxygens (including phenoxy) is 3. The van der Waals surface area contributed by atoms with Crippen molar-refractivity contribution in [1.29, 1.82) is 0 Å². The normalized spacial score (nSPS) is 17.8. The lowest BCUT2D eigenvalue weighted by atomic mass is 9.75. The monoisotopic (exact) mass is 485 g/mol. The van der Waals surface area contributed by atoms with Gasteiger partial charge in [-0.25, -0.2) is 9.18 Å². The second kappa shape index (κ2) is 9.89. The molecule has 2 aromatic carbocycles. The summed E-state index contributed by atoms with van der Waals surface area (Å²) in [4.78, 5) is 25.8. The third-order valence-electron chi connectivity index (χ3n) is 6.10. The number of methoxy groups -OCH3 is 2. The van der Waals surface area contributed by atoms with Crippen molar-refractivity contribution in [2.24, 2.45) is 0 Å². The van der Waals surface area contributed by atoms with Crippen LogP contribution in [0.25, 0.3) is 0 Å². The van der Waals surface area contributed by atoms with E-state index in [1.165, 1.54) is 25.3 Å². The Kier molecular flexibility index (Phi) is 6.93. The number of benzene rings is 2. The van der Waals surface area contributed by atoms with Gasteiger partial charge >= 0.3 is 5.97 Å². The molecule has 0 aromatic heterocycles. The maximum absolute atomic E-state index is 13.4. The number of ketones is 1. The average Bonchev–Trinajstić information content (AvgIpc) is 2.82. The molecule has 8 heteroatoms. The molecule has 6 nitrogen and oxygen atoms in total. The van der Waals surface area contributed by atoms with E-state index in [0.29, 0.717) is 40.3 Å². The second-order valence-corrected chi connectivity index (χ2v) is 8.60. The van der Waals surface area contributed by atoms with E-state index in [1.807, 2.05) is 19.1 Å². The van der Waals surface area contributed by atoms with Crippen molar-refractivity contribution in [3.63, 3.8) is 0 Å². The van der Waals surface area contributed by atoms with Crippen LogP contribution in [0.3, 0.4) is 0 Å². The first-order valence-corrected chi connectivity index (χ1v) is 11.3. The summed E-state index contributed by atoms with van der Waals surface area (Å²) in [5, 5.41) is 3.41. The summed E-state index contributed by atoms with van der Waals surface area (Å²) < 4.78 is 29.8. The van der Waals surface area contributed by atoms with E-state index in [0.717, 1.165) is 24.1 Å². The number of carbonyl (C=O) groups excluding carboxylic acids is 2. The summed E-state index contributed by atoms with van der Waals surface area (Å²) >= 11 is 6.10. The Morgan fingerprint density at radius 2 is 1.91 bits per heavy atom. The lowest BCUT2D eigenvalue weighted by Crippen LogP contribution is -2.34. The first-order chi connectivity index (χ1) is 16.3. The number of dihydropyridines is 1. The molecule has 178 valence electrons. The Morgan fingerprint density at radius 3 is 2.62 bits per heavy atom. The highest BCUT2D eigenvalue weighted by atomic mass is 35.5. The average molecular weight is 486 g/mol. The molecule has 34 heavy (non-hydrogen) atoms. The topological polar surface area (TPSA) is 73.9 Å². The minimum Gasteiger partial charge on any atom is -0.496 e. The van der Waals surface area contributed by atoms with Crippen molar-refractivity contribution in [1.82, 2.24) is 5.32 Å². The molecule has 1 N–H and O–H groups in total. The van der Waals surface area contributed by atoms with Gasteiger partial charge in [0.1, 0.15) is 23.9 Å². The van der Waals surface area contributed by atoms with Crippen molar-refractivity contribution in [3.8, 4) is 11.5 Å². The van der Waals surface area contributed by atoms with Gasteiger partial charge in [-0.15, -0.1) is 0 Å². The first kappa shape index (κ1) is 23.8. The van der Waals surface area contributed by atoms with Gasteiger partial charge in [0.25, 0.3) is 0 Å². The quantitative estimate of drug-likeness (QED) is 0.566. The van der Waals surface area contributed by atoms with Gasteiger partial charge in [-0.2, -0.15) is 0 Å². The van der Waals surface area contributed by atoms with Crippen molar-refractivity contribution in [3.05, 3.63) is 80.9 Å². The summed E-state index contributed by atoms with van der Waals surface area (Å²) in [5.41, 5.74) is 3.93. The molecule has 0 saturated heterocycles. The third-order valence-corrected chi connectivity index (χ3v) is 6.39. The minimum atomic E-state index is -0.574. The van der Waals surface area contributed by atoms with Crippen LogP contribution in [0.15, 0.2) is 58.9 Å². The van der Waals surface area contributed by atoms with E-state index >= 15 is 0 Å². The van der Waals surface area contributed by atoms with Crippen LogP contribution in [-0.2, 0) is 20.9 Å². The summed E-state index contributed by atoms with van der Waals surface area (Å²) in [6.45, 7) is 1.90. The Morgan fingerprint density at radius 1 is 1.15 bits per heavy atom. The number of nitrogens with one attached hydrogen (secondary N) is 1.